The molecule has 0 radical (unpaired) electrons. The lowest BCUT2D eigenvalue weighted by Crippen LogP contribution is -2.42. The van der Waals surface area contributed by atoms with Gasteiger partial charge < -0.3 is 24.6 Å². The Morgan fingerprint density at radius 3 is 2.25 bits per heavy atom. The number of hydrogen-bond acceptors (Lipinski definition) is 7. The lowest BCUT2D eigenvalue weighted by Gasteiger charge is -2.40. The van der Waals surface area contributed by atoms with E-state index in [1.165, 1.54) is 0 Å². The van der Waals surface area contributed by atoms with Crippen LogP contribution in [0.2, 0.25) is 0 Å². The number of piperidine rings is 1. The van der Waals surface area contributed by atoms with Crippen molar-refractivity contribution in [2.24, 2.45) is 0 Å². The van der Waals surface area contributed by atoms with E-state index < -0.39 is 11.4 Å². The van der Waals surface area contributed by atoms with Crippen molar-refractivity contribution >= 4 is 5.82 Å². The van der Waals surface area contributed by atoms with E-state index in [2.05, 4.69) is 14.9 Å². The van der Waals surface area contributed by atoms with Gasteiger partial charge in [-0.1, -0.05) is 0 Å². The highest BCUT2D eigenvalue weighted by Gasteiger charge is 2.47. The van der Waals surface area contributed by atoms with Gasteiger partial charge in [-0.25, -0.2) is 4.98 Å². The molecule has 24 heavy (non-hydrogen) atoms. The number of nitrogens with zero attached hydrogens (tertiary/aromatic N) is 3. The van der Waals surface area contributed by atoms with Crippen molar-refractivity contribution in [3.8, 4) is 0 Å². The molecule has 2 aliphatic heterocycles. The first-order valence-electron chi connectivity index (χ1n) is 8.85. The Balaban J connectivity index is 1.43. The lowest BCUT2D eigenvalue weighted by atomic mass is 9.79. The van der Waals surface area contributed by atoms with Crippen LogP contribution < -0.4 is 4.90 Å². The molecule has 3 fully saturated rings. The molecule has 1 aliphatic carbocycles. The van der Waals surface area contributed by atoms with Crippen LogP contribution in [0.1, 0.15) is 44.2 Å². The van der Waals surface area contributed by atoms with Gasteiger partial charge in [0.1, 0.15) is 11.4 Å². The molecular formula is C17H25N3O4. The molecule has 0 unspecified atom stereocenters. The largest absolute Gasteiger partial charge is 0.393 e. The second-order valence-electron chi connectivity index (χ2n) is 7.12. The number of aliphatic hydroxyl groups is 2. The van der Waals surface area contributed by atoms with E-state index in [0.717, 1.165) is 31.7 Å². The van der Waals surface area contributed by atoms with Crippen LogP contribution in [-0.4, -0.2) is 58.4 Å². The molecule has 2 N–H and O–H groups in total. The lowest BCUT2D eigenvalue weighted by molar-refractivity contribution is -0.204. The van der Waals surface area contributed by atoms with Crippen molar-refractivity contribution in [3.63, 3.8) is 0 Å². The second kappa shape index (κ2) is 6.22. The van der Waals surface area contributed by atoms with Crippen molar-refractivity contribution in [2.75, 3.05) is 31.2 Å². The van der Waals surface area contributed by atoms with Crippen molar-refractivity contribution in [1.29, 1.82) is 0 Å². The molecule has 4 rings (SSSR count). The smallest absolute Gasteiger partial charge is 0.168 e. The topological polar surface area (TPSA) is 87.9 Å². The first-order chi connectivity index (χ1) is 11.6. The molecule has 2 saturated heterocycles. The quantitative estimate of drug-likeness (QED) is 0.831. The first-order valence-corrected chi connectivity index (χ1v) is 8.85. The summed E-state index contributed by atoms with van der Waals surface area (Å²) in [4.78, 5) is 11.1. The predicted molar refractivity (Wildman–Crippen MR) is 86.5 cm³/mol. The van der Waals surface area contributed by atoms with Gasteiger partial charge in [-0.05, 0) is 25.7 Å². The molecule has 0 bridgehead atoms. The molecule has 7 nitrogen and oxygen atoms in total. The molecule has 0 aromatic carbocycles. The first kappa shape index (κ1) is 16.2. The van der Waals surface area contributed by atoms with Crippen molar-refractivity contribution in [1.82, 2.24) is 9.97 Å². The Morgan fingerprint density at radius 2 is 1.67 bits per heavy atom. The summed E-state index contributed by atoms with van der Waals surface area (Å²) in [6.07, 6.45) is 7.23. The summed E-state index contributed by atoms with van der Waals surface area (Å²) in [7, 11) is 0. The number of anilines is 1. The van der Waals surface area contributed by atoms with Gasteiger partial charge in [-0.3, -0.25) is 4.98 Å². The predicted octanol–water partition coefficient (Wildman–Crippen LogP) is 0.942. The molecule has 3 heterocycles. The summed E-state index contributed by atoms with van der Waals surface area (Å²) in [5, 5.41) is 20.6. The third-order valence-corrected chi connectivity index (χ3v) is 5.56. The van der Waals surface area contributed by atoms with E-state index in [-0.39, 0.29) is 6.10 Å². The summed E-state index contributed by atoms with van der Waals surface area (Å²) in [5.74, 6) is 0.317. The van der Waals surface area contributed by atoms with Crippen LogP contribution in [0.25, 0.3) is 0 Å². The van der Waals surface area contributed by atoms with E-state index in [9.17, 15) is 10.2 Å². The fourth-order valence-electron chi connectivity index (χ4n) is 3.91. The summed E-state index contributed by atoms with van der Waals surface area (Å²) < 4.78 is 11.4. The van der Waals surface area contributed by atoms with Gasteiger partial charge in [-0.2, -0.15) is 0 Å². The Morgan fingerprint density at radius 1 is 1.00 bits per heavy atom. The highest BCUT2D eigenvalue weighted by molar-refractivity contribution is 5.37. The van der Waals surface area contributed by atoms with E-state index in [1.54, 1.807) is 12.4 Å². The fraction of sp³-hybridized carbons (Fsp3) is 0.765. The summed E-state index contributed by atoms with van der Waals surface area (Å²) in [5.41, 5.74) is -0.333. The molecular weight excluding hydrogens is 310 g/mol. The molecule has 132 valence electrons. The zero-order valence-corrected chi connectivity index (χ0v) is 13.9. The monoisotopic (exact) mass is 335 g/mol. The minimum atomic E-state index is -0.954. The molecule has 1 aromatic heterocycles. The standard InChI is InChI=1S/C17H25N3O4/c21-13-1-7-20(8-2-13)15-12-18-14(11-19-15)16(22)3-5-17(6-4-16)23-9-10-24-17/h11-13,21-22H,1-10H2. The highest BCUT2D eigenvalue weighted by atomic mass is 16.7. The van der Waals surface area contributed by atoms with Gasteiger partial charge >= 0.3 is 0 Å². The number of aromatic nitrogens is 2. The maximum absolute atomic E-state index is 11.0. The number of aliphatic hydroxyl groups excluding tert-OH is 1. The van der Waals surface area contributed by atoms with Crippen LogP contribution in [0.3, 0.4) is 0 Å². The highest BCUT2D eigenvalue weighted by Crippen LogP contribution is 2.44. The Bertz CT molecular complexity index is 556. The minimum Gasteiger partial charge on any atom is -0.393 e. The maximum atomic E-state index is 11.0. The maximum Gasteiger partial charge on any atom is 0.168 e. The van der Waals surface area contributed by atoms with Crippen LogP contribution in [0.5, 0.6) is 0 Å². The molecule has 1 aromatic rings. The summed E-state index contributed by atoms with van der Waals surface area (Å²) in [6, 6.07) is 0. The molecule has 1 spiro atoms. The number of ether oxygens (including phenoxy) is 2. The Kier molecular flexibility index (Phi) is 4.20. The van der Waals surface area contributed by atoms with Crippen LogP contribution >= 0.6 is 0 Å². The van der Waals surface area contributed by atoms with E-state index in [1.807, 2.05) is 0 Å². The van der Waals surface area contributed by atoms with Crippen molar-refractivity contribution in [3.05, 3.63) is 18.1 Å². The van der Waals surface area contributed by atoms with Gasteiger partial charge in [0.25, 0.3) is 0 Å². The third-order valence-electron chi connectivity index (χ3n) is 5.56. The van der Waals surface area contributed by atoms with Crippen LogP contribution in [0.15, 0.2) is 12.4 Å². The van der Waals surface area contributed by atoms with Gasteiger partial charge in [0.05, 0.1) is 37.4 Å². The molecule has 1 saturated carbocycles. The number of hydrogen-bond donors (Lipinski definition) is 2. The third kappa shape index (κ3) is 3.01. The van der Waals surface area contributed by atoms with Gasteiger partial charge in [0, 0.05) is 25.9 Å². The van der Waals surface area contributed by atoms with Gasteiger partial charge in [0.2, 0.25) is 0 Å². The Hall–Kier alpha value is -1.28. The average molecular weight is 335 g/mol. The fourth-order valence-corrected chi connectivity index (χ4v) is 3.91. The molecule has 0 atom stereocenters. The van der Waals surface area contributed by atoms with E-state index in [4.69, 9.17) is 9.47 Å². The van der Waals surface area contributed by atoms with E-state index in [0.29, 0.717) is 44.6 Å². The SMILES string of the molecule is OC1CCN(c2cnc(C3(O)CCC4(CC3)OCCO4)cn2)CC1. The van der Waals surface area contributed by atoms with Crippen LogP contribution in [0, 0.1) is 0 Å². The average Bonchev–Trinajstić information content (AvgIpc) is 3.08. The van der Waals surface area contributed by atoms with Crippen molar-refractivity contribution < 1.29 is 19.7 Å². The molecule has 3 aliphatic rings. The zero-order chi connectivity index (χ0) is 16.6. The minimum absolute atomic E-state index is 0.205. The molecule has 0 amide bonds. The molecule has 7 heteroatoms. The van der Waals surface area contributed by atoms with Gasteiger partial charge in [-0.15, -0.1) is 0 Å². The summed E-state index contributed by atoms with van der Waals surface area (Å²) >= 11 is 0. The van der Waals surface area contributed by atoms with Gasteiger partial charge in [0.15, 0.2) is 5.79 Å². The van der Waals surface area contributed by atoms with E-state index >= 15 is 0 Å². The second-order valence-corrected chi connectivity index (χ2v) is 7.12. The number of rotatable bonds is 2. The van der Waals surface area contributed by atoms with Crippen LogP contribution in [-0.2, 0) is 15.1 Å². The Labute approximate surface area is 141 Å². The zero-order valence-electron chi connectivity index (χ0n) is 13.9. The normalized spacial score (nSPS) is 26.8. The summed E-state index contributed by atoms with van der Waals surface area (Å²) in [6.45, 7) is 2.85. The van der Waals surface area contributed by atoms with Crippen molar-refractivity contribution in [2.45, 2.75) is 56.0 Å². The van der Waals surface area contributed by atoms with Crippen LogP contribution in [0.4, 0.5) is 5.82 Å².